The number of carbonyl (C=O) groups excluding carboxylic acids is 3. The number of esters is 1. The van der Waals surface area contributed by atoms with Crippen molar-refractivity contribution in [1.29, 1.82) is 0 Å². The van der Waals surface area contributed by atoms with Gasteiger partial charge in [-0.2, -0.15) is 0 Å². The van der Waals surface area contributed by atoms with Crippen LogP contribution in [-0.4, -0.2) is 29.5 Å². The van der Waals surface area contributed by atoms with E-state index in [9.17, 15) is 14.4 Å². The summed E-state index contributed by atoms with van der Waals surface area (Å²) in [7, 11) is 0. The van der Waals surface area contributed by atoms with Crippen molar-refractivity contribution >= 4 is 46.8 Å². The van der Waals surface area contributed by atoms with Crippen LogP contribution in [0.2, 0.25) is 10.2 Å². The third-order valence-corrected chi connectivity index (χ3v) is 3.74. The zero-order valence-electron chi connectivity index (χ0n) is 13.9. The highest BCUT2D eigenvalue weighted by Crippen LogP contribution is 2.18. The molecule has 0 spiro atoms. The number of ether oxygens (including phenoxy) is 1. The molecule has 0 aliphatic carbocycles. The van der Waals surface area contributed by atoms with Crippen molar-refractivity contribution in [3.8, 4) is 0 Å². The van der Waals surface area contributed by atoms with Crippen molar-refractivity contribution in [2.45, 2.75) is 13.8 Å². The predicted octanol–water partition coefficient (Wildman–Crippen LogP) is 3.51. The number of halogens is 2. The molecule has 0 radical (unpaired) electrons. The van der Waals surface area contributed by atoms with Gasteiger partial charge in [0.15, 0.2) is 12.3 Å². The van der Waals surface area contributed by atoms with E-state index >= 15 is 0 Å². The molecule has 2 rings (SSSR count). The third-order valence-electron chi connectivity index (χ3n) is 3.22. The van der Waals surface area contributed by atoms with Crippen molar-refractivity contribution in [3.63, 3.8) is 0 Å². The molecular formula is C17H15Cl2N3O4. The summed E-state index contributed by atoms with van der Waals surface area (Å²) in [5, 5.41) is 4.69. The Kier molecular flexibility index (Phi) is 6.54. The second-order valence-electron chi connectivity index (χ2n) is 5.36. The fourth-order valence-corrected chi connectivity index (χ4v) is 2.36. The van der Waals surface area contributed by atoms with Gasteiger partial charge in [-0.05, 0) is 37.6 Å². The number of imide groups is 1. The number of nitrogens with one attached hydrogen (secondary N) is 2. The summed E-state index contributed by atoms with van der Waals surface area (Å²) in [5.41, 5.74) is 2.24. The highest BCUT2D eigenvalue weighted by atomic mass is 35.5. The molecule has 3 amide bonds. The van der Waals surface area contributed by atoms with Crippen molar-refractivity contribution in [3.05, 3.63) is 57.3 Å². The number of urea groups is 1. The maximum Gasteiger partial charge on any atom is 0.359 e. The topological polar surface area (TPSA) is 97.4 Å². The fourth-order valence-electron chi connectivity index (χ4n) is 2.03. The Labute approximate surface area is 159 Å². The van der Waals surface area contributed by atoms with E-state index in [1.807, 2.05) is 26.0 Å². The maximum absolute atomic E-state index is 11.9. The number of aromatic nitrogens is 1. The molecule has 0 fully saturated rings. The van der Waals surface area contributed by atoms with Crippen LogP contribution in [-0.2, 0) is 9.53 Å². The second kappa shape index (κ2) is 8.64. The summed E-state index contributed by atoms with van der Waals surface area (Å²) in [5.74, 6) is -1.73. The summed E-state index contributed by atoms with van der Waals surface area (Å²) in [4.78, 5) is 39.2. The van der Waals surface area contributed by atoms with Crippen LogP contribution < -0.4 is 10.6 Å². The summed E-state index contributed by atoms with van der Waals surface area (Å²) < 4.78 is 4.78. The average molecular weight is 396 g/mol. The molecule has 9 heteroatoms. The van der Waals surface area contributed by atoms with Crippen LogP contribution >= 0.6 is 23.2 Å². The molecule has 0 bridgehead atoms. The van der Waals surface area contributed by atoms with Gasteiger partial charge < -0.3 is 10.1 Å². The van der Waals surface area contributed by atoms with Crippen molar-refractivity contribution in [1.82, 2.24) is 10.3 Å². The van der Waals surface area contributed by atoms with Gasteiger partial charge in [-0.3, -0.25) is 10.1 Å². The van der Waals surface area contributed by atoms with Gasteiger partial charge in [-0.25, -0.2) is 14.6 Å². The van der Waals surface area contributed by atoms with Gasteiger partial charge in [0, 0.05) is 5.69 Å². The normalized spacial score (nSPS) is 10.2. The first-order chi connectivity index (χ1) is 12.3. The van der Waals surface area contributed by atoms with Crippen LogP contribution in [0, 0.1) is 13.8 Å². The molecule has 7 nitrogen and oxygen atoms in total. The largest absolute Gasteiger partial charge is 0.451 e. The van der Waals surface area contributed by atoms with Gasteiger partial charge in [-0.1, -0.05) is 40.9 Å². The average Bonchev–Trinajstić information content (AvgIpc) is 2.57. The van der Waals surface area contributed by atoms with Crippen LogP contribution in [0.3, 0.4) is 0 Å². The van der Waals surface area contributed by atoms with E-state index < -0.39 is 24.5 Å². The monoisotopic (exact) mass is 395 g/mol. The number of anilines is 1. The molecule has 1 aromatic heterocycles. The zero-order chi connectivity index (χ0) is 19.3. The Morgan fingerprint density at radius 2 is 1.85 bits per heavy atom. The standard InChI is InChI=1S/C17H15Cl2N3O4/c1-9-3-5-12(10(2)7-9)20-17(25)22-14(23)8-26-16(24)15-11(18)4-6-13(19)21-15/h3-7H,8H2,1-2H3,(H2,20,22,23,25). The molecule has 1 heterocycles. The van der Waals surface area contributed by atoms with E-state index in [0.29, 0.717) is 5.69 Å². The lowest BCUT2D eigenvalue weighted by molar-refractivity contribution is -0.123. The Morgan fingerprint density at radius 1 is 1.12 bits per heavy atom. The third kappa shape index (κ3) is 5.44. The van der Waals surface area contributed by atoms with E-state index in [2.05, 4.69) is 15.6 Å². The van der Waals surface area contributed by atoms with Gasteiger partial charge >= 0.3 is 12.0 Å². The highest BCUT2D eigenvalue weighted by molar-refractivity contribution is 6.34. The lowest BCUT2D eigenvalue weighted by atomic mass is 10.1. The molecule has 136 valence electrons. The van der Waals surface area contributed by atoms with Gasteiger partial charge in [0.2, 0.25) is 0 Å². The number of nitrogens with zero attached hydrogens (tertiary/aromatic N) is 1. The summed E-state index contributed by atoms with van der Waals surface area (Å²) in [6, 6.07) is 7.49. The number of amides is 3. The van der Waals surface area contributed by atoms with Crippen molar-refractivity contribution < 1.29 is 19.1 Å². The number of hydrogen-bond donors (Lipinski definition) is 2. The number of carbonyl (C=O) groups is 3. The predicted molar refractivity (Wildman–Crippen MR) is 97.6 cm³/mol. The molecule has 0 saturated heterocycles. The Morgan fingerprint density at radius 3 is 2.54 bits per heavy atom. The van der Waals surface area contributed by atoms with E-state index in [1.54, 1.807) is 6.07 Å². The molecule has 0 aliphatic heterocycles. The Balaban J connectivity index is 1.87. The SMILES string of the molecule is Cc1ccc(NC(=O)NC(=O)COC(=O)c2nc(Cl)ccc2Cl)c(C)c1. The number of benzene rings is 1. The lowest BCUT2D eigenvalue weighted by Gasteiger charge is -2.10. The number of aryl methyl sites for hydroxylation is 2. The minimum atomic E-state index is -0.928. The first-order valence-corrected chi connectivity index (χ1v) is 8.19. The quantitative estimate of drug-likeness (QED) is 0.609. The summed E-state index contributed by atoms with van der Waals surface area (Å²) in [6.45, 7) is 3.08. The Hall–Kier alpha value is -2.64. The molecule has 26 heavy (non-hydrogen) atoms. The van der Waals surface area contributed by atoms with E-state index in [4.69, 9.17) is 27.9 Å². The van der Waals surface area contributed by atoms with Gasteiger partial charge in [0.25, 0.3) is 5.91 Å². The number of hydrogen-bond acceptors (Lipinski definition) is 5. The molecule has 1 aromatic carbocycles. The smallest absolute Gasteiger partial charge is 0.359 e. The Bertz CT molecular complexity index is 871. The van der Waals surface area contributed by atoms with Crippen LogP contribution in [0.25, 0.3) is 0 Å². The van der Waals surface area contributed by atoms with Crippen LogP contribution in [0.5, 0.6) is 0 Å². The summed E-state index contributed by atoms with van der Waals surface area (Å²) in [6.07, 6.45) is 0. The number of pyridine rings is 1. The van der Waals surface area contributed by atoms with Gasteiger partial charge in [0.05, 0.1) is 5.02 Å². The lowest BCUT2D eigenvalue weighted by Crippen LogP contribution is -2.37. The highest BCUT2D eigenvalue weighted by Gasteiger charge is 2.17. The van der Waals surface area contributed by atoms with Crippen LogP contribution in [0.1, 0.15) is 21.6 Å². The second-order valence-corrected chi connectivity index (χ2v) is 6.16. The molecule has 0 saturated carbocycles. The first-order valence-electron chi connectivity index (χ1n) is 7.43. The van der Waals surface area contributed by atoms with Gasteiger partial charge in [0.1, 0.15) is 5.15 Å². The molecule has 0 atom stereocenters. The fraction of sp³-hybridized carbons (Fsp3) is 0.176. The first kappa shape index (κ1) is 19.7. The minimum absolute atomic E-state index is 0.0346. The zero-order valence-corrected chi connectivity index (χ0v) is 15.4. The van der Waals surface area contributed by atoms with Crippen LogP contribution in [0.15, 0.2) is 30.3 Å². The van der Waals surface area contributed by atoms with Crippen molar-refractivity contribution in [2.24, 2.45) is 0 Å². The van der Waals surface area contributed by atoms with E-state index in [1.165, 1.54) is 12.1 Å². The molecular weight excluding hydrogens is 381 g/mol. The van der Waals surface area contributed by atoms with Crippen LogP contribution in [0.4, 0.5) is 10.5 Å². The molecule has 0 aliphatic rings. The van der Waals surface area contributed by atoms with Crippen molar-refractivity contribution in [2.75, 3.05) is 11.9 Å². The van der Waals surface area contributed by atoms with Gasteiger partial charge in [-0.15, -0.1) is 0 Å². The van der Waals surface area contributed by atoms with E-state index in [-0.39, 0.29) is 15.9 Å². The molecule has 2 N–H and O–H groups in total. The number of rotatable bonds is 4. The molecule has 0 unspecified atom stereocenters. The maximum atomic E-state index is 11.9. The minimum Gasteiger partial charge on any atom is -0.451 e. The van der Waals surface area contributed by atoms with E-state index in [0.717, 1.165) is 11.1 Å². The molecule has 2 aromatic rings. The summed E-state index contributed by atoms with van der Waals surface area (Å²) >= 11 is 11.5.